The Kier molecular flexibility index (Phi) is 4.09. The molecule has 0 radical (unpaired) electrons. The number of hydrogen-bond donors (Lipinski definition) is 1. The van der Waals surface area contributed by atoms with Gasteiger partial charge in [0.2, 0.25) is 5.76 Å². The molecule has 26 heavy (non-hydrogen) atoms. The first kappa shape index (κ1) is 16.5. The van der Waals surface area contributed by atoms with E-state index in [0.29, 0.717) is 29.5 Å². The molecule has 0 aliphatic carbocycles. The number of aliphatic hydroxyl groups is 1. The number of aryl methyl sites for hydroxylation is 1. The zero-order valence-electron chi connectivity index (χ0n) is 14.4. The van der Waals surface area contributed by atoms with E-state index < -0.39 is 6.04 Å². The van der Waals surface area contributed by atoms with Crippen LogP contribution in [0.2, 0.25) is 0 Å². The summed E-state index contributed by atoms with van der Waals surface area (Å²) >= 11 is 0. The van der Waals surface area contributed by atoms with Crippen molar-refractivity contribution in [2.75, 3.05) is 13.2 Å². The number of fused-ring (bicyclic) bond motifs is 2. The van der Waals surface area contributed by atoms with Crippen molar-refractivity contribution in [3.05, 3.63) is 81.2 Å². The fourth-order valence-corrected chi connectivity index (χ4v) is 3.53. The molecule has 2 heterocycles. The van der Waals surface area contributed by atoms with Gasteiger partial charge in [0.05, 0.1) is 17.0 Å². The molecule has 4 rings (SSSR count). The second-order valence-electron chi connectivity index (χ2n) is 6.56. The van der Waals surface area contributed by atoms with E-state index in [4.69, 9.17) is 4.42 Å². The highest BCUT2D eigenvalue weighted by Gasteiger charge is 2.42. The molecular formula is C21H19NO4. The number of benzene rings is 2. The lowest BCUT2D eigenvalue weighted by Crippen LogP contribution is -2.31. The molecule has 1 aliphatic heterocycles. The average molecular weight is 349 g/mol. The highest BCUT2D eigenvalue weighted by atomic mass is 16.3. The predicted molar refractivity (Wildman–Crippen MR) is 98.2 cm³/mol. The van der Waals surface area contributed by atoms with Gasteiger partial charge >= 0.3 is 0 Å². The first-order valence-corrected chi connectivity index (χ1v) is 8.66. The zero-order valence-corrected chi connectivity index (χ0v) is 14.4. The summed E-state index contributed by atoms with van der Waals surface area (Å²) < 4.78 is 5.83. The van der Waals surface area contributed by atoms with Gasteiger partial charge in [-0.05, 0) is 31.0 Å². The summed E-state index contributed by atoms with van der Waals surface area (Å²) in [5.74, 6) is -0.195. The van der Waals surface area contributed by atoms with Crippen LogP contribution < -0.4 is 5.43 Å². The van der Waals surface area contributed by atoms with E-state index in [1.165, 1.54) is 0 Å². The van der Waals surface area contributed by atoms with Crippen LogP contribution >= 0.6 is 0 Å². The van der Waals surface area contributed by atoms with Crippen LogP contribution in [0.1, 0.15) is 39.7 Å². The summed E-state index contributed by atoms with van der Waals surface area (Å²) in [5.41, 5.74) is 2.59. The van der Waals surface area contributed by atoms with Gasteiger partial charge in [0.15, 0.2) is 5.43 Å². The van der Waals surface area contributed by atoms with Gasteiger partial charge in [-0.1, -0.05) is 42.0 Å². The minimum absolute atomic E-state index is 0.0237. The smallest absolute Gasteiger partial charge is 0.290 e. The van der Waals surface area contributed by atoms with Crippen molar-refractivity contribution in [2.45, 2.75) is 19.4 Å². The van der Waals surface area contributed by atoms with Crippen LogP contribution in [-0.2, 0) is 0 Å². The number of hydrogen-bond acceptors (Lipinski definition) is 4. The Hall–Kier alpha value is -2.92. The Balaban J connectivity index is 1.96. The van der Waals surface area contributed by atoms with E-state index in [9.17, 15) is 14.7 Å². The third kappa shape index (κ3) is 2.52. The average Bonchev–Trinajstić information content (AvgIpc) is 2.93. The number of rotatable bonds is 4. The third-order valence-corrected chi connectivity index (χ3v) is 4.82. The summed E-state index contributed by atoms with van der Waals surface area (Å²) in [7, 11) is 0. The first-order chi connectivity index (χ1) is 12.6. The van der Waals surface area contributed by atoms with Gasteiger partial charge in [-0.25, -0.2) is 0 Å². The van der Waals surface area contributed by atoms with Crippen LogP contribution in [-0.4, -0.2) is 29.1 Å². The minimum Gasteiger partial charge on any atom is -0.450 e. The number of carbonyl (C=O) groups is 1. The number of aliphatic hydroxyl groups excluding tert-OH is 1. The molecule has 1 atom stereocenters. The van der Waals surface area contributed by atoms with E-state index in [1.54, 1.807) is 29.2 Å². The van der Waals surface area contributed by atoms with Crippen LogP contribution in [0.25, 0.3) is 11.0 Å². The van der Waals surface area contributed by atoms with Gasteiger partial charge in [-0.15, -0.1) is 0 Å². The fourth-order valence-electron chi connectivity index (χ4n) is 3.53. The SMILES string of the molecule is Cc1ccc([C@@H]2c3c(oc4ccccc4c3=O)C(=O)N2CCCO)cc1. The van der Waals surface area contributed by atoms with E-state index >= 15 is 0 Å². The van der Waals surface area contributed by atoms with E-state index in [1.807, 2.05) is 31.2 Å². The Labute approximate surface area is 150 Å². The largest absolute Gasteiger partial charge is 0.450 e. The van der Waals surface area contributed by atoms with E-state index in [2.05, 4.69) is 0 Å². The zero-order chi connectivity index (χ0) is 18.3. The molecule has 1 amide bonds. The van der Waals surface area contributed by atoms with Crippen molar-refractivity contribution in [1.82, 2.24) is 4.90 Å². The minimum atomic E-state index is -0.495. The van der Waals surface area contributed by atoms with E-state index in [-0.39, 0.29) is 23.7 Å². The molecule has 5 heteroatoms. The number of nitrogens with zero attached hydrogens (tertiary/aromatic N) is 1. The van der Waals surface area contributed by atoms with Crippen molar-refractivity contribution in [1.29, 1.82) is 0 Å². The maximum Gasteiger partial charge on any atom is 0.290 e. The van der Waals surface area contributed by atoms with Crippen molar-refractivity contribution in [2.24, 2.45) is 0 Å². The van der Waals surface area contributed by atoms with Crippen molar-refractivity contribution >= 4 is 16.9 Å². The van der Waals surface area contributed by atoms with Gasteiger partial charge < -0.3 is 14.4 Å². The first-order valence-electron chi connectivity index (χ1n) is 8.66. The number of amides is 1. The lowest BCUT2D eigenvalue weighted by molar-refractivity contribution is 0.0716. The van der Waals surface area contributed by atoms with Crippen LogP contribution in [0.3, 0.4) is 0 Å². The fraction of sp³-hybridized carbons (Fsp3) is 0.238. The molecule has 1 aliphatic rings. The maximum atomic E-state index is 13.1. The topological polar surface area (TPSA) is 70.8 Å². The Bertz CT molecular complexity index is 1040. The molecule has 1 aromatic heterocycles. The van der Waals surface area contributed by atoms with Crippen molar-refractivity contribution in [3.8, 4) is 0 Å². The normalized spacial score (nSPS) is 16.3. The van der Waals surface area contributed by atoms with Gasteiger partial charge in [0, 0.05) is 13.2 Å². The summed E-state index contributed by atoms with van der Waals surface area (Å²) in [6, 6.07) is 14.3. The molecule has 0 fully saturated rings. The Morgan fingerprint density at radius 1 is 1.08 bits per heavy atom. The van der Waals surface area contributed by atoms with Crippen molar-refractivity contribution < 1.29 is 14.3 Å². The van der Waals surface area contributed by atoms with Gasteiger partial charge in [0.1, 0.15) is 5.58 Å². The predicted octanol–water partition coefficient (Wildman–Crippen LogP) is 3.03. The second-order valence-corrected chi connectivity index (χ2v) is 6.56. The lowest BCUT2D eigenvalue weighted by Gasteiger charge is -2.25. The van der Waals surface area contributed by atoms with Crippen LogP contribution in [0, 0.1) is 6.92 Å². The molecule has 0 saturated carbocycles. The summed E-state index contributed by atoms with van der Waals surface area (Å²) in [6.07, 6.45) is 0.440. The number of para-hydroxylation sites is 1. The second kappa shape index (κ2) is 6.42. The lowest BCUT2D eigenvalue weighted by atomic mass is 9.97. The van der Waals surface area contributed by atoms with Crippen molar-refractivity contribution in [3.63, 3.8) is 0 Å². The summed E-state index contributed by atoms with van der Waals surface area (Å²) in [4.78, 5) is 27.7. The quantitative estimate of drug-likeness (QED) is 0.786. The maximum absolute atomic E-state index is 13.1. The molecule has 0 bridgehead atoms. The summed E-state index contributed by atoms with van der Waals surface area (Å²) in [5, 5.41) is 9.68. The highest BCUT2D eigenvalue weighted by molar-refractivity contribution is 5.99. The van der Waals surface area contributed by atoms with Crippen LogP contribution in [0.5, 0.6) is 0 Å². The molecule has 5 nitrogen and oxygen atoms in total. The number of carbonyl (C=O) groups excluding carboxylic acids is 1. The Morgan fingerprint density at radius 2 is 1.81 bits per heavy atom. The molecule has 0 unspecified atom stereocenters. The molecule has 1 N–H and O–H groups in total. The molecule has 3 aromatic rings. The molecule has 132 valence electrons. The summed E-state index contributed by atoms with van der Waals surface area (Å²) in [6.45, 7) is 2.32. The van der Waals surface area contributed by atoms with Gasteiger partial charge in [0.25, 0.3) is 5.91 Å². The molecule has 0 spiro atoms. The molecule has 0 saturated heterocycles. The Morgan fingerprint density at radius 3 is 2.54 bits per heavy atom. The van der Waals surface area contributed by atoms with Gasteiger partial charge in [-0.3, -0.25) is 9.59 Å². The molecular weight excluding hydrogens is 330 g/mol. The van der Waals surface area contributed by atoms with Crippen LogP contribution in [0.15, 0.2) is 57.7 Å². The third-order valence-electron chi connectivity index (χ3n) is 4.82. The monoisotopic (exact) mass is 349 g/mol. The van der Waals surface area contributed by atoms with E-state index in [0.717, 1.165) is 11.1 Å². The highest BCUT2D eigenvalue weighted by Crippen LogP contribution is 2.38. The molecule has 2 aromatic carbocycles. The standard InChI is InChI=1S/C21H19NO4/c1-13-7-9-14(10-8-13)18-17-19(24)15-5-2-3-6-16(15)26-20(17)21(25)22(18)11-4-12-23/h2-3,5-10,18,23H,4,11-12H2,1H3/t18-/m1/s1. The van der Waals surface area contributed by atoms with Gasteiger partial charge in [-0.2, -0.15) is 0 Å². The van der Waals surface area contributed by atoms with Crippen LogP contribution in [0.4, 0.5) is 0 Å².